The first kappa shape index (κ1) is 16.4. The molecule has 0 amide bonds. The molecule has 6 rings (SSSR count). The van der Waals surface area contributed by atoms with E-state index in [0.717, 1.165) is 58.6 Å². The van der Waals surface area contributed by atoms with Crippen molar-refractivity contribution < 1.29 is 9.26 Å². The highest BCUT2D eigenvalue weighted by atomic mass is 79.9. The molecule has 3 aromatic heterocycles. The standard InChI is InChI=1S/C19H17BrN6O2/c20-12-2-1-3-13-14(12)17(25-6-8-27-9-7-25)23-18-15(21-10-26(13)18)19-22-16(24-28-19)11-4-5-11/h1-3,10-11H,4-9H2. The van der Waals surface area contributed by atoms with E-state index in [-0.39, 0.29) is 0 Å². The van der Waals surface area contributed by atoms with Gasteiger partial charge in [0.15, 0.2) is 17.2 Å². The van der Waals surface area contributed by atoms with E-state index in [2.05, 4.69) is 42.0 Å². The Morgan fingerprint density at radius 3 is 2.79 bits per heavy atom. The maximum absolute atomic E-state index is 5.53. The van der Waals surface area contributed by atoms with Gasteiger partial charge in [-0.05, 0) is 40.9 Å². The monoisotopic (exact) mass is 440 g/mol. The van der Waals surface area contributed by atoms with Crippen LogP contribution in [0.1, 0.15) is 24.6 Å². The van der Waals surface area contributed by atoms with E-state index in [1.807, 2.05) is 16.5 Å². The molecule has 142 valence electrons. The topological polar surface area (TPSA) is 81.6 Å². The molecule has 1 aromatic carbocycles. The highest BCUT2D eigenvalue weighted by Gasteiger charge is 2.30. The maximum Gasteiger partial charge on any atom is 0.280 e. The average Bonchev–Trinajstić information content (AvgIpc) is 3.30. The van der Waals surface area contributed by atoms with Crippen molar-refractivity contribution in [3.8, 4) is 11.6 Å². The number of ether oxygens (including phenoxy) is 1. The zero-order valence-electron chi connectivity index (χ0n) is 15.0. The number of hydrogen-bond acceptors (Lipinski definition) is 7. The van der Waals surface area contributed by atoms with Crippen molar-refractivity contribution in [2.24, 2.45) is 0 Å². The molecule has 4 heterocycles. The molecule has 0 radical (unpaired) electrons. The second-order valence-corrected chi connectivity index (χ2v) is 8.04. The number of benzene rings is 1. The summed E-state index contributed by atoms with van der Waals surface area (Å²) in [6.07, 6.45) is 4.03. The zero-order chi connectivity index (χ0) is 18.7. The number of hydrogen-bond donors (Lipinski definition) is 0. The van der Waals surface area contributed by atoms with Crippen molar-refractivity contribution >= 4 is 38.3 Å². The van der Waals surface area contributed by atoms with Gasteiger partial charge in [-0.25, -0.2) is 9.97 Å². The van der Waals surface area contributed by atoms with Crippen LogP contribution < -0.4 is 4.90 Å². The summed E-state index contributed by atoms with van der Waals surface area (Å²) in [7, 11) is 0. The highest BCUT2D eigenvalue weighted by Crippen LogP contribution is 2.39. The maximum atomic E-state index is 5.53. The lowest BCUT2D eigenvalue weighted by atomic mass is 10.2. The lowest BCUT2D eigenvalue weighted by molar-refractivity contribution is 0.122. The molecule has 0 spiro atoms. The van der Waals surface area contributed by atoms with Gasteiger partial charge < -0.3 is 14.2 Å². The third-order valence-electron chi connectivity index (χ3n) is 5.33. The molecule has 2 aliphatic rings. The number of halogens is 1. The van der Waals surface area contributed by atoms with Gasteiger partial charge in [-0.1, -0.05) is 11.2 Å². The second-order valence-electron chi connectivity index (χ2n) is 7.19. The molecule has 0 bridgehead atoms. The second kappa shape index (κ2) is 6.25. The largest absolute Gasteiger partial charge is 0.378 e. The molecular formula is C19H17BrN6O2. The Kier molecular flexibility index (Phi) is 3.67. The Morgan fingerprint density at radius 2 is 1.96 bits per heavy atom. The molecule has 28 heavy (non-hydrogen) atoms. The first-order valence-corrected chi connectivity index (χ1v) is 10.2. The molecule has 0 unspecified atom stereocenters. The summed E-state index contributed by atoms with van der Waals surface area (Å²) in [5.41, 5.74) is 2.37. The summed E-state index contributed by atoms with van der Waals surface area (Å²) < 4.78 is 14.0. The van der Waals surface area contributed by atoms with Crippen LogP contribution in [-0.4, -0.2) is 50.8 Å². The normalized spacial score (nSPS) is 17.7. The summed E-state index contributed by atoms with van der Waals surface area (Å²) in [4.78, 5) is 16.4. The van der Waals surface area contributed by atoms with Crippen LogP contribution in [0.2, 0.25) is 0 Å². The van der Waals surface area contributed by atoms with E-state index < -0.39 is 0 Å². The van der Waals surface area contributed by atoms with E-state index in [4.69, 9.17) is 14.2 Å². The first-order chi connectivity index (χ1) is 13.8. The third kappa shape index (κ3) is 2.53. The smallest absolute Gasteiger partial charge is 0.280 e. The van der Waals surface area contributed by atoms with E-state index >= 15 is 0 Å². The molecule has 8 nitrogen and oxygen atoms in total. The number of morpholine rings is 1. The SMILES string of the molecule is Brc1cccc2c1c(N1CCOCC1)nc1c(-c3nc(C4CC4)no3)ncn12. The fraction of sp³-hybridized carbons (Fsp3) is 0.368. The molecular weight excluding hydrogens is 424 g/mol. The molecule has 0 atom stereocenters. The van der Waals surface area contributed by atoms with E-state index in [1.165, 1.54) is 0 Å². The van der Waals surface area contributed by atoms with Crippen molar-refractivity contribution in [3.05, 3.63) is 34.8 Å². The number of nitrogens with zero attached hydrogens (tertiary/aromatic N) is 6. The van der Waals surface area contributed by atoms with Crippen LogP contribution in [-0.2, 0) is 4.74 Å². The van der Waals surface area contributed by atoms with Crippen molar-refractivity contribution in [1.29, 1.82) is 0 Å². The number of fused-ring (bicyclic) bond motifs is 3. The fourth-order valence-electron chi connectivity index (χ4n) is 3.71. The zero-order valence-corrected chi connectivity index (χ0v) is 16.6. The summed E-state index contributed by atoms with van der Waals surface area (Å²) in [6.45, 7) is 2.99. The molecule has 1 aliphatic carbocycles. The summed E-state index contributed by atoms with van der Waals surface area (Å²) in [5.74, 6) is 2.55. The predicted octanol–water partition coefficient (Wildman–Crippen LogP) is 3.41. The average molecular weight is 441 g/mol. The Hall–Kier alpha value is -2.52. The molecule has 1 aliphatic heterocycles. The molecule has 9 heteroatoms. The van der Waals surface area contributed by atoms with Crippen LogP contribution in [0.15, 0.2) is 33.5 Å². The van der Waals surface area contributed by atoms with Crippen molar-refractivity contribution in [2.45, 2.75) is 18.8 Å². The summed E-state index contributed by atoms with van der Waals surface area (Å²) in [6, 6.07) is 6.14. The van der Waals surface area contributed by atoms with Crippen LogP contribution in [0.25, 0.3) is 28.1 Å². The molecule has 1 saturated heterocycles. The molecule has 4 aromatic rings. The highest BCUT2D eigenvalue weighted by molar-refractivity contribution is 9.10. The van der Waals surface area contributed by atoms with Gasteiger partial charge in [0.1, 0.15) is 12.1 Å². The van der Waals surface area contributed by atoms with Crippen LogP contribution in [0.5, 0.6) is 0 Å². The van der Waals surface area contributed by atoms with Gasteiger partial charge in [-0.3, -0.25) is 4.40 Å². The van der Waals surface area contributed by atoms with Gasteiger partial charge in [0.2, 0.25) is 0 Å². The van der Waals surface area contributed by atoms with Gasteiger partial charge in [0.25, 0.3) is 5.89 Å². The van der Waals surface area contributed by atoms with Crippen LogP contribution in [0.4, 0.5) is 5.82 Å². The Bertz CT molecular complexity index is 1190. The minimum atomic E-state index is 0.430. The van der Waals surface area contributed by atoms with Crippen LogP contribution in [0.3, 0.4) is 0 Å². The van der Waals surface area contributed by atoms with Gasteiger partial charge in [-0.15, -0.1) is 0 Å². The quantitative estimate of drug-likeness (QED) is 0.482. The number of anilines is 1. The van der Waals surface area contributed by atoms with E-state index in [0.29, 0.717) is 30.7 Å². The van der Waals surface area contributed by atoms with E-state index in [9.17, 15) is 0 Å². The Morgan fingerprint density at radius 1 is 1.11 bits per heavy atom. The van der Waals surface area contributed by atoms with Gasteiger partial charge in [0.05, 0.1) is 24.1 Å². The van der Waals surface area contributed by atoms with Gasteiger partial charge in [0, 0.05) is 23.5 Å². The Balaban J connectivity index is 1.59. The lowest BCUT2D eigenvalue weighted by Gasteiger charge is -2.29. The molecule has 2 fully saturated rings. The fourth-order valence-corrected chi connectivity index (χ4v) is 4.24. The molecule has 0 N–H and O–H groups in total. The number of rotatable bonds is 3. The molecule has 1 saturated carbocycles. The van der Waals surface area contributed by atoms with Crippen molar-refractivity contribution in [1.82, 2.24) is 24.5 Å². The van der Waals surface area contributed by atoms with Gasteiger partial charge >= 0.3 is 0 Å². The minimum absolute atomic E-state index is 0.430. The van der Waals surface area contributed by atoms with Crippen molar-refractivity contribution in [3.63, 3.8) is 0 Å². The predicted molar refractivity (Wildman–Crippen MR) is 106 cm³/mol. The van der Waals surface area contributed by atoms with Gasteiger partial charge in [-0.2, -0.15) is 4.98 Å². The summed E-state index contributed by atoms with van der Waals surface area (Å²) in [5, 5.41) is 5.19. The van der Waals surface area contributed by atoms with Crippen molar-refractivity contribution in [2.75, 3.05) is 31.2 Å². The third-order valence-corrected chi connectivity index (χ3v) is 5.99. The minimum Gasteiger partial charge on any atom is -0.378 e. The number of aromatic nitrogens is 5. The number of imidazole rings is 1. The van der Waals surface area contributed by atoms with Crippen LogP contribution in [0, 0.1) is 0 Å². The van der Waals surface area contributed by atoms with Crippen LogP contribution >= 0.6 is 15.9 Å². The lowest BCUT2D eigenvalue weighted by Crippen LogP contribution is -2.37. The summed E-state index contributed by atoms with van der Waals surface area (Å²) >= 11 is 3.71. The van der Waals surface area contributed by atoms with E-state index in [1.54, 1.807) is 6.33 Å². The Labute approximate surface area is 168 Å². The first-order valence-electron chi connectivity index (χ1n) is 9.41.